The summed E-state index contributed by atoms with van der Waals surface area (Å²) in [6.45, 7) is 4.40. The molecular formula is C15H21F3N2. The fourth-order valence-corrected chi connectivity index (χ4v) is 2.83. The Kier molecular flexibility index (Phi) is 4.70. The zero-order chi connectivity index (χ0) is 14.8. The van der Waals surface area contributed by atoms with Gasteiger partial charge in [-0.15, -0.1) is 0 Å². The highest BCUT2D eigenvalue weighted by atomic mass is 19.4. The second-order valence-corrected chi connectivity index (χ2v) is 5.54. The first-order chi connectivity index (χ1) is 9.41. The lowest BCUT2D eigenvalue weighted by atomic mass is 9.95. The Bertz CT molecular complexity index is 445. The van der Waals surface area contributed by atoms with Crippen LogP contribution in [0.25, 0.3) is 0 Å². The Hall–Kier alpha value is -1.07. The van der Waals surface area contributed by atoms with Crippen molar-refractivity contribution < 1.29 is 13.2 Å². The molecule has 1 aliphatic heterocycles. The van der Waals surface area contributed by atoms with Crippen molar-refractivity contribution in [1.29, 1.82) is 0 Å². The van der Waals surface area contributed by atoms with Gasteiger partial charge < -0.3 is 5.73 Å². The number of nitrogens with zero attached hydrogens (tertiary/aromatic N) is 1. The minimum atomic E-state index is -4.28. The van der Waals surface area contributed by atoms with Crippen molar-refractivity contribution in [1.82, 2.24) is 4.90 Å². The van der Waals surface area contributed by atoms with Crippen LogP contribution in [0.5, 0.6) is 0 Å². The van der Waals surface area contributed by atoms with Gasteiger partial charge in [0.2, 0.25) is 0 Å². The van der Waals surface area contributed by atoms with Crippen LogP contribution in [0.1, 0.15) is 36.9 Å². The molecule has 0 amide bonds. The summed E-state index contributed by atoms with van der Waals surface area (Å²) in [6.07, 6.45) is -2.11. The molecule has 1 aromatic rings. The van der Waals surface area contributed by atoms with E-state index in [0.717, 1.165) is 37.6 Å². The van der Waals surface area contributed by atoms with Crippen molar-refractivity contribution >= 4 is 0 Å². The summed E-state index contributed by atoms with van der Waals surface area (Å²) < 4.78 is 38.3. The van der Waals surface area contributed by atoms with Gasteiger partial charge in [-0.3, -0.25) is 4.90 Å². The summed E-state index contributed by atoms with van der Waals surface area (Å²) in [4.78, 5) is 2.23. The van der Waals surface area contributed by atoms with Crippen LogP contribution >= 0.6 is 0 Å². The first kappa shape index (κ1) is 15.3. The summed E-state index contributed by atoms with van der Waals surface area (Å²) in [7, 11) is 0. The van der Waals surface area contributed by atoms with Gasteiger partial charge in [0.05, 0.1) is 5.56 Å². The van der Waals surface area contributed by atoms with Crippen LogP contribution in [0.2, 0.25) is 0 Å². The van der Waals surface area contributed by atoms with Crippen LogP contribution < -0.4 is 5.73 Å². The minimum Gasteiger partial charge on any atom is -0.330 e. The van der Waals surface area contributed by atoms with Gasteiger partial charge in [0, 0.05) is 12.6 Å². The molecule has 1 heterocycles. The predicted octanol–water partition coefficient (Wildman–Crippen LogP) is 3.44. The molecular weight excluding hydrogens is 265 g/mol. The van der Waals surface area contributed by atoms with Crippen molar-refractivity contribution in [3.63, 3.8) is 0 Å². The summed E-state index contributed by atoms with van der Waals surface area (Å²) in [5.74, 6) is 0.456. The largest absolute Gasteiger partial charge is 0.416 e. The zero-order valence-electron chi connectivity index (χ0n) is 11.7. The minimum absolute atomic E-state index is 0.00773. The Labute approximate surface area is 117 Å². The Morgan fingerprint density at radius 2 is 2.15 bits per heavy atom. The molecule has 1 aromatic carbocycles. The quantitative estimate of drug-likeness (QED) is 0.922. The molecule has 0 spiro atoms. The van der Waals surface area contributed by atoms with Crippen LogP contribution in [0.3, 0.4) is 0 Å². The highest BCUT2D eigenvalue weighted by molar-refractivity contribution is 5.27. The molecule has 20 heavy (non-hydrogen) atoms. The number of benzene rings is 1. The summed E-state index contributed by atoms with van der Waals surface area (Å²) in [6, 6.07) is 5.63. The van der Waals surface area contributed by atoms with Crippen molar-refractivity contribution in [3.8, 4) is 0 Å². The predicted molar refractivity (Wildman–Crippen MR) is 73.2 cm³/mol. The maximum absolute atomic E-state index is 12.8. The molecule has 112 valence electrons. The van der Waals surface area contributed by atoms with Gasteiger partial charge in [0.25, 0.3) is 0 Å². The Morgan fingerprint density at radius 3 is 2.80 bits per heavy atom. The SMILES string of the molecule is CC(c1cccc(C(F)(F)F)c1)N1CCCC(CN)C1. The van der Waals surface area contributed by atoms with Crippen LogP contribution in [-0.2, 0) is 6.18 Å². The van der Waals surface area contributed by atoms with E-state index in [2.05, 4.69) is 4.90 Å². The number of likely N-dealkylation sites (tertiary alicyclic amines) is 1. The van der Waals surface area contributed by atoms with Crippen LogP contribution in [0.15, 0.2) is 24.3 Å². The second kappa shape index (κ2) is 6.14. The van der Waals surface area contributed by atoms with Gasteiger partial charge in [-0.2, -0.15) is 13.2 Å². The van der Waals surface area contributed by atoms with Crippen molar-refractivity contribution in [2.45, 2.75) is 32.0 Å². The van der Waals surface area contributed by atoms with E-state index in [-0.39, 0.29) is 6.04 Å². The third kappa shape index (κ3) is 3.52. The fraction of sp³-hybridized carbons (Fsp3) is 0.600. The van der Waals surface area contributed by atoms with E-state index in [0.29, 0.717) is 12.5 Å². The molecule has 2 N–H and O–H groups in total. The molecule has 2 nitrogen and oxygen atoms in total. The number of halogens is 3. The highest BCUT2D eigenvalue weighted by Gasteiger charge is 2.31. The Morgan fingerprint density at radius 1 is 1.40 bits per heavy atom. The topological polar surface area (TPSA) is 29.3 Å². The number of hydrogen-bond acceptors (Lipinski definition) is 2. The lowest BCUT2D eigenvalue weighted by Crippen LogP contribution is -2.39. The molecule has 1 aliphatic rings. The van der Waals surface area contributed by atoms with Crippen LogP contribution in [0.4, 0.5) is 13.2 Å². The van der Waals surface area contributed by atoms with Gasteiger partial charge >= 0.3 is 6.18 Å². The van der Waals surface area contributed by atoms with E-state index in [1.54, 1.807) is 6.07 Å². The number of alkyl halides is 3. The molecule has 0 radical (unpaired) electrons. The molecule has 1 fully saturated rings. The van der Waals surface area contributed by atoms with Gasteiger partial charge in [-0.25, -0.2) is 0 Å². The third-order valence-corrected chi connectivity index (χ3v) is 4.13. The number of hydrogen-bond donors (Lipinski definition) is 1. The lowest BCUT2D eigenvalue weighted by molar-refractivity contribution is -0.137. The molecule has 0 bridgehead atoms. The first-order valence-electron chi connectivity index (χ1n) is 7.03. The molecule has 0 saturated carbocycles. The van der Waals surface area contributed by atoms with E-state index >= 15 is 0 Å². The van der Waals surface area contributed by atoms with Gasteiger partial charge in [-0.1, -0.05) is 12.1 Å². The molecule has 1 saturated heterocycles. The van der Waals surface area contributed by atoms with Crippen LogP contribution in [0, 0.1) is 5.92 Å². The zero-order valence-corrected chi connectivity index (χ0v) is 11.7. The van der Waals surface area contributed by atoms with Gasteiger partial charge in [0.15, 0.2) is 0 Å². The van der Waals surface area contributed by atoms with Gasteiger partial charge in [0.1, 0.15) is 0 Å². The summed E-state index contributed by atoms with van der Waals surface area (Å²) >= 11 is 0. The molecule has 0 aromatic heterocycles. The number of piperidine rings is 1. The van der Waals surface area contributed by atoms with E-state index in [1.807, 2.05) is 6.92 Å². The summed E-state index contributed by atoms with van der Waals surface area (Å²) in [5.41, 5.74) is 5.86. The van der Waals surface area contributed by atoms with E-state index in [9.17, 15) is 13.2 Å². The van der Waals surface area contributed by atoms with Crippen molar-refractivity contribution in [2.75, 3.05) is 19.6 Å². The molecule has 2 unspecified atom stereocenters. The normalized spacial score (nSPS) is 22.8. The van der Waals surface area contributed by atoms with Crippen molar-refractivity contribution in [2.24, 2.45) is 11.7 Å². The maximum Gasteiger partial charge on any atom is 0.416 e. The monoisotopic (exact) mass is 286 g/mol. The highest BCUT2D eigenvalue weighted by Crippen LogP contribution is 2.32. The fourth-order valence-electron chi connectivity index (χ4n) is 2.83. The van der Waals surface area contributed by atoms with E-state index in [4.69, 9.17) is 5.73 Å². The summed E-state index contributed by atoms with van der Waals surface area (Å²) in [5, 5.41) is 0. The number of rotatable bonds is 3. The number of nitrogens with two attached hydrogens (primary N) is 1. The average Bonchev–Trinajstić information content (AvgIpc) is 2.46. The lowest BCUT2D eigenvalue weighted by Gasteiger charge is -2.36. The second-order valence-electron chi connectivity index (χ2n) is 5.54. The Balaban J connectivity index is 2.14. The standard InChI is InChI=1S/C15H21F3N2/c1-11(20-7-3-4-12(9-19)10-20)13-5-2-6-14(8-13)15(16,17)18/h2,5-6,8,11-12H,3-4,7,9-10,19H2,1H3. The maximum atomic E-state index is 12.8. The van der Waals surface area contributed by atoms with E-state index < -0.39 is 11.7 Å². The van der Waals surface area contributed by atoms with Gasteiger partial charge in [-0.05, 0) is 56.5 Å². The molecule has 2 rings (SSSR count). The third-order valence-electron chi connectivity index (χ3n) is 4.13. The van der Waals surface area contributed by atoms with E-state index in [1.165, 1.54) is 12.1 Å². The molecule has 0 aliphatic carbocycles. The molecule has 2 atom stereocenters. The smallest absolute Gasteiger partial charge is 0.330 e. The first-order valence-corrected chi connectivity index (χ1v) is 7.03. The van der Waals surface area contributed by atoms with Crippen LogP contribution in [-0.4, -0.2) is 24.5 Å². The van der Waals surface area contributed by atoms with Crippen molar-refractivity contribution in [3.05, 3.63) is 35.4 Å². The molecule has 5 heteroatoms. The average molecular weight is 286 g/mol.